The average molecular weight is 464 g/mol. The fraction of sp³-hybridized carbons (Fsp3) is 0.409. The molecule has 0 aromatic heterocycles. The smallest absolute Gasteiger partial charge is 0.457 e. The second kappa shape index (κ2) is 8.84. The first kappa shape index (κ1) is 22.8. The number of ether oxygens (including phenoxy) is 4. The van der Waals surface area contributed by atoms with Gasteiger partial charge in [0.2, 0.25) is 5.85 Å². The van der Waals surface area contributed by atoms with Crippen molar-refractivity contribution in [2.45, 2.75) is 57.0 Å². The predicted molar refractivity (Wildman–Crippen MR) is 112 cm³/mol. The molecule has 10 heteroatoms. The minimum Gasteiger partial charge on any atom is -0.457 e. The number of hydrogen-bond donors (Lipinski definition) is 1. The van der Waals surface area contributed by atoms with Crippen LogP contribution < -0.4 is 9.05 Å². The van der Waals surface area contributed by atoms with Crippen molar-refractivity contribution in [3.8, 4) is 11.5 Å². The van der Waals surface area contributed by atoms with Crippen LogP contribution in [0, 0.1) is 0 Å². The lowest BCUT2D eigenvalue weighted by molar-refractivity contribution is -0.225. The highest BCUT2D eigenvalue weighted by molar-refractivity contribution is 7.55. The molecular formula is C22H25O9P. The van der Waals surface area contributed by atoms with Crippen molar-refractivity contribution >= 4 is 13.6 Å². The van der Waals surface area contributed by atoms with Crippen LogP contribution in [0.2, 0.25) is 0 Å². The van der Waals surface area contributed by atoms with Gasteiger partial charge in [-0.05, 0) is 38.1 Å². The molecule has 9 nitrogen and oxygen atoms in total. The number of esters is 1. The third-order valence-corrected chi connectivity index (χ3v) is 6.77. The molecule has 0 aliphatic carbocycles. The molecule has 0 amide bonds. The summed E-state index contributed by atoms with van der Waals surface area (Å²) in [5, 5.41) is 11.2. The van der Waals surface area contributed by atoms with Crippen LogP contribution in [0.25, 0.3) is 0 Å². The molecule has 4 rings (SSSR count). The normalized spacial score (nSPS) is 27.4. The summed E-state index contributed by atoms with van der Waals surface area (Å²) in [6, 6.07) is 16.6. The predicted octanol–water partition coefficient (Wildman–Crippen LogP) is 3.46. The van der Waals surface area contributed by atoms with Crippen LogP contribution in [-0.4, -0.2) is 47.3 Å². The van der Waals surface area contributed by atoms with Crippen molar-refractivity contribution in [1.29, 1.82) is 0 Å². The number of aliphatic hydroxyl groups is 1. The van der Waals surface area contributed by atoms with Crippen LogP contribution in [0.15, 0.2) is 60.7 Å². The minimum absolute atomic E-state index is 0.224. The Kier molecular flexibility index (Phi) is 6.29. The number of benzene rings is 2. The highest BCUT2D eigenvalue weighted by Crippen LogP contribution is 2.56. The van der Waals surface area contributed by atoms with E-state index in [-0.39, 0.29) is 11.5 Å². The van der Waals surface area contributed by atoms with Gasteiger partial charge in [0.05, 0.1) is 0 Å². The summed E-state index contributed by atoms with van der Waals surface area (Å²) in [6.07, 6.45) is -4.14. The van der Waals surface area contributed by atoms with Gasteiger partial charge in [0.1, 0.15) is 17.6 Å². The molecule has 32 heavy (non-hydrogen) atoms. The molecule has 5 atom stereocenters. The van der Waals surface area contributed by atoms with E-state index in [0.29, 0.717) is 0 Å². The van der Waals surface area contributed by atoms with Crippen LogP contribution in [0.1, 0.15) is 20.8 Å². The quantitative estimate of drug-likeness (QED) is 0.487. The van der Waals surface area contributed by atoms with E-state index in [2.05, 4.69) is 0 Å². The maximum absolute atomic E-state index is 13.9. The Morgan fingerprint density at radius 2 is 1.53 bits per heavy atom. The largest absolute Gasteiger partial charge is 0.462 e. The van der Waals surface area contributed by atoms with E-state index in [1.165, 1.54) is 6.92 Å². The Morgan fingerprint density at radius 1 is 1.00 bits per heavy atom. The van der Waals surface area contributed by atoms with Gasteiger partial charge in [-0.25, -0.2) is 4.57 Å². The molecule has 0 saturated carbocycles. The summed E-state index contributed by atoms with van der Waals surface area (Å²) >= 11 is 0. The van der Waals surface area contributed by atoms with E-state index in [0.717, 1.165) is 0 Å². The van der Waals surface area contributed by atoms with Crippen LogP contribution in [-0.2, 0) is 28.3 Å². The Morgan fingerprint density at radius 3 is 2.03 bits per heavy atom. The van der Waals surface area contributed by atoms with Gasteiger partial charge in [-0.15, -0.1) is 0 Å². The number of para-hydroxylation sites is 2. The van der Waals surface area contributed by atoms with E-state index in [1.54, 1.807) is 74.5 Å². The SMILES string of the molecule is CC(=O)O[C@@H]1[C@H]2OC(C)(C)O[C@H]2O[C@@H]1[C@@H](O)P(=O)(Oc1ccccc1)Oc1ccccc1. The van der Waals surface area contributed by atoms with E-state index >= 15 is 0 Å². The van der Waals surface area contributed by atoms with E-state index in [9.17, 15) is 14.5 Å². The lowest BCUT2D eigenvalue weighted by Crippen LogP contribution is -2.44. The zero-order valence-electron chi connectivity index (χ0n) is 17.8. The summed E-state index contributed by atoms with van der Waals surface area (Å²) in [6.45, 7) is 4.60. The summed E-state index contributed by atoms with van der Waals surface area (Å²) in [4.78, 5) is 11.8. The molecule has 2 aliphatic heterocycles. The zero-order chi connectivity index (χ0) is 22.9. The number of carbonyl (C=O) groups excluding carboxylic acids is 1. The highest BCUT2D eigenvalue weighted by Gasteiger charge is 2.62. The molecule has 2 fully saturated rings. The minimum atomic E-state index is -4.33. The molecule has 0 radical (unpaired) electrons. The number of aliphatic hydroxyl groups excluding tert-OH is 1. The maximum atomic E-state index is 13.9. The summed E-state index contributed by atoms with van der Waals surface area (Å²) in [5.41, 5.74) is 0. The van der Waals surface area contributed by atoms with Crippen molar-refractivity contribution in [3.05, 3.63) is 60.7 Å². The summed E-state index contributed by atoms with van der Waals surface area (Å²) < 4.78 is 48.0. The molecule has 2 saturated heterocycles. The summed E-state index contributed by atoms with van der Waals surface area (Å²) in [5.74, 6) is -2.97. The van der Waals surface area contributed by atoms with Crippen molar-refractivity contribution in [1.82, 2.24) is 0 Å². The molecule has 0 spiro atoms. The highest BCUT2D eigenvalue weighted by atomic mass is 31.2. The van der Waals surface area contributed by atoms with Gasteiger partial charge in [-0.3, -0.25) is 4.79 Å². The van der Waals surface area contributed by atoms with Gasteiger partial charge in [0, 0.05) is 6.92 Å². The number of carbonyl (C=O) groups is 1. The monoisotopic (exact) mass is 464 g/mol. The van der Waals surface area contributed by atoms with Crippen LogP contribution in [0.3, 0.4) is 0 Å². The zero-order valence-corrected chi connectivity index (χ0v) is 18.7. The number of rotatable bonds is 7. The van der Waals surface area contributed by atoms with Gasteiger partial charge < -0.3 is 33.1 Å². The van der Waals surface area contributed by atoms with E-state index in [1.807, 2.05) is 0 Å². The molecular weight excluding hydrogens is 439 g/mol. The van der Waals surface area contributed by atoms with Gasteiger partial charge in [-0.1, -0.05) is 36.4 Å². The lowest BCUT2D eigenvalue weighted by atomic mass is 10.1. The molecule has 1 N–H and O–H groups in total. The first-order valence-electron chi connectivity index (χ1n) is 10.1. The van der Waals surface area contributed by atoms with E-state index < -0.39 is 49.8 Å². The maximum Gasteiger partial charge on any atom is 0.462 e. The average Bonchev–Trinajstić information content (AvgIpc) is 3.21. The fourth-order valence-corrected chi connectivity index (χ4v) is 5.32. The summed E-state index contributed by atoms with van der Waals surface area (Å²) in [7, 11) is -4.33. The van der Waals surface area contributed by atoms with Crippen LogP contribution >= 0.6 is 7.60 Å². The van der Waals surface area contributed by atoms with Crippen molar-refractivity contribution in [3.63, 3.8) is 0 Å². The molecule has 2 heterocycles. The molecule has 0 unspecified atom stereocenters. The second-order valence-corrected chi connectivity index (χ2v) is 9.88. The van der Waals surface area contributed by atoms with Crippen LogP contribution in [0.4, 0.5) is 0 Å². The Hall–Kier alpha value is -2.42. The Bertz CT molecular complexity index is 936. The lowest BCUT2D eigenvalue weighted by Gasteiger charge is -2.31. The Balaban J connectivity index is 1.65. The van der Waals surface area contributed by atoms with Gasteiger partial charge in [-0.2, -0.15) is 0 Å². The molecule has 2 aromatic rings. The molecule has 2 aliphatic rings. The molecule has 172 valence electrons. The second-order valence-electron chi connectivity index (χ2n) is 7.91. The number of hydrogen-bond acceptors (Lipinski definition) is 9. The fourth-order valence-electron chi connectivity index (χ4n) is 3.63. The Labute approximate surface area is 185 Å². The van der Waals surface area contributed by atoms with Gasteiger partial charge in [0.15, 0.2) is 24.3 Å². The van der Waals surface area contributed by atoms with Crippen molar-refractivity contribution < 1.29 is 42.5 Å². The van der Waals surface area contributed by atoms with Crippen molar-refractivity contribution in [2.75, 3.05) is 0 Å². The first-order valence-corrected chi connectivity index (χ1v) is 11.7. The van der Waals surface area contributed by atoms with E-state index in [4.69, 9.17) is 28.0 Å². The molecule has 0 bridgehead atoms. The van der Waals surface area contributed by atoms with Crippen LogP contribution in [0.5, 0.6) is 11.5 Å². The third-order valence-electron chi connectivity index (χ3n) is 4.90. The van der Waals surface area contributed by atoms with Crippen molar-refractivity contribution in [2.24, 2.45) is 0 Å². The standard InChI is InChI=1S/C22H25O9P/c1-14(23)26-17-18(27-21-19(17)28-22(2,3)29-21)20(24)32(25,30-15-10-6-4-7-11-15)31-16-12-8-5-9-13-16/h4-13,17-21,24H,1-3H3/t17-,18-,19+,20-,21+/m0/s1. The first-order chi connectivity index (χ1) is 15.2. The van der Waals surface area contributed by atoms with Gasteiger partial charge in [0.25, 0.3) is 0 Å². The molecule has 2 aromatic carbocycles. The topological polar surface area (TPSA) is 110 Å². The number of fused-ring (bicyclic) bond motifs is 1. The third kappa shape index (κ3) is 4.82. The van der Waals surface area contributed by atoms with Gasteiger partial charge >= 0.3 is 13.6 Å².